The van der Waals surface area contributed by atoms with Gasteiger partial charge >= 0.3 is 6.18 Å². The van der Waals surface area contributed by atoms with E-state index < -0.39 is 42.0 Å². The number of carbonyl (C=O) groups is 1. The minimum absolute atomic E-state index is 0.178. The number of hydrogen-bond acceptors (Lipinski definition) is 9. The van der Waals surface area contributed by atoms with Crippen molar-refractivity contribution in [3.05, 3.63) is 52.9 Å². The van der Waals surface area contributed by atoms with Gasteiger partial charge in [0.1, 0.15) is 16.3 Å². The molecule has 1 saturated carbocycles. The second-order valence-corrected chi connectivity index (χ2v) is 11.2. The summed E-state index contributed by atoms with van der Waals surface area (Å²) >= 11 is 1.33. The van der Waals surface area contributed by atoms with Gasteiger partial charge in [-0.1, -0.05) is 6.07 Å². The average molecular weight is 566 g/mol. The number of aryl methyl sites for hydroxylation is 1. The van der Waals surface area contributed by atoms with Crippen LogP contribution in [0.25, 0.3) is 10.4 Å². The first-order valence-corrected chi connectivity index (χ1v) is 13.2. The van der Waals surface area contributed by atoms with Crippen molar-refractivity contribution < 1.29 is 33.3 Å². The van der Waals surface area contributed by atoms with E-state index in [-0.39, 0.29) is 12.0 Å². The van der Waals surface area contributed by atoms with Crippen LogP contribution in [-0.2, 0) is 16.6 Å². The number of rotatable bonds is 8. The molecule has 1 amide bonds. The van der Waals surface area contributed by atoms with E-state index in [1.807, 2.05) is 13.0 Å². The van der Waals surface area contributed by atoms with Crippen LogP contribution in [0, 0.1) is 12.3 Å². The van der Waals surface area contributed by atoms with Gasteiger partial charge < -0.3 is 26.0 Å². The van der Waals surface area contributed by atoms with Crippen molar-refractivity contribution >= 4 is 28.9 Å². The lowest BCUT2D eigenvalue weighted by atomic mass is 9.82. The third-order valence-electron chi connectivity index (χ3n) is 6.86. The molecule has 2 heterocycles. The highest BCUT2D eigenvalue weighted by Crippen LogP contribution is 2.41. The van der Waals surface area contributed by atoms with E-state index in [0.29, 0.717) is 36.4 Å². The predicted molar refractivity (Wildman–Crippen MR) is 139 cm³/mol. The number of carbonyl (C=O) groups excluding carboxylic acids is 1. The quantitative estimate of drug-likeness (QED) is 0.277. The third kappa shape index (κ3) is 6.55. The molecule has 1 aliphatic carbocycles. The van der Waals surface area contributed by atoms with E-state index in [0.717, 1.165) is 28.3 Å². The molecule has 0 saturated heterocycles. The molecule has 9 nitrogen and oxygen atoms in total. The van der Waals surface area contributed by atoms with Crippen molar-refractivity contribution in [1.29, 1.82) is 0 Å². The van der Waals surface area contributed by atoms with Gasteiger partial charge in [0.15, 0.2) is 0 Å². The molecule has 0 bridgehead atoms. The molecular weight excluding hydrogens is 535 g/mol. The molecule has 1 aliphatic rings. The Morgan fingerprint density at radius 2 is 1.85 bits per heavy atom. The highest BCUT2D eigenvalue weighted by molar-refractivity contribution is 7.15. The number of amides is 1. The molecule has 0 spiro atoms. The lowest BCUT2D eigenvalue weighted by molar-refractivity contribution is -0.141. The molecule has 2 aromatic heterocycles. The largest absolute Gasteiger partial charge is 0.433 e. The zero-order chi connectivity index (χ0) is 28.4. The van der Waals surface area contributed by atoms with Crippen molar-refractivity contribution in [1.82, 2.24) is 20.3 Å². The summed E-state index contributed by atoms with van der Waals surface area (Å²) in [6.07, 6.45) is -0.150. The van der Waals surface area contributed by atoms with Crippen LogP contribution < -0.4 is 10.6 Å². The molecule has 3 aromatic rings. The number of anilines is 2. The minimum atomic E-state index is -4.58. The molecule has 39 heavy (non-hydrogen) atoms. The fraction of sp³-hybridized carbons (Fsp3) is 0.462. The summed E-state index contributed by atoms with van der Waals surface area (Å²) in [6, 6.07) is 6.03. The average Bonchev–Trinajstić information content (AvgIpc) is 3.40. The van der Waals surface area contributed by atoms with Crippen molar-refractivity contribution in [2.75, 3.05) is 18.5 Å². The van der Waals surface area contributed by atoms with E-state index >= 15 is 0 Å². The molecule has 210 valence electrons. The number of nitrogens with zero attached hydrogens (tertiary/aromatic N) is 3. The second kappa shape index (κ2) is 11.2. The molecule has 0 unspecified atom stereocenters. The van der Waals surface area contributed by atoms with Gasteiger partial charge in [-0.25, -0.2) is 15.0 Å². The van der Waals surface area contributed by atoms with Gasteiger partial charge in [-0.3, -0.25) is 4.79 Å². The van der Waals surface area contributed by atoms with Crippen LogP contribution in [0.1, 0.15) is 48.9 Å². The van der Waals surface area contributed by atoms with Crippen LogP contribution >= 0.6 is 11.3 Å². The maximum Gasteiger partial charge on any atom is 0.433 e. The third-order valence-corrected chi connectivity index (χ3v) is 8.10. The predicted octanol–water partition coefficient (Wildman–Crippen LogP) is 3.91. The highest BCUT2D eigenvalue weighted by atomic mass is 32.1. The van der Waals surface area contributed by atoms with Gasteiger partial charge in [-0.05, 0) is 68.9 Å². The zero-order valence-corrected chi connectivity index (χ0v) is 22.2. The topological polar surface area (TPSA) is 140 Å². The Bertz CT molecular complexity index is 1320. The monoisotopic (exact) mass is 565 g/mol. The summed E-state index contributed by atoms with van der Waals surface area (Å²) in [7, 11) is 0. The molecular formula is C26H30F3N5O4S. The summed E-state index contributed by atoms with van der Waals surface area (Å²) < 4.78 is 39.0. The summed E-state index contributed by atoms with van der Waals surface area (Å²) in [5.41, 5.74) is -1.36. The summed E-state index contributed by atoms with van der Waals surface area (Å²) in [4.78, 5) is 25.1. The molecule has 13 heteroatoms. The molecule has 0 radical (unpaired) electrons. The normalized spacial score (nSPS) is 20.1. The zero-order valence-electron chi connectivity index (χ0n) is 21.4. The first-order valence-electron chi connectivity index (χ1n) is 12.4. The smallest absolute Gasteiger partial charge is 0.395 e. The van der Waals surface area contributed by atoms with E-state index in [9.17, 15) is 33.3 Å². The van der Waals surface area contributed by atoms with E-state index in [4.69, 9.17) is 0 Å². The Morgan fingerprint density at radius 3 is 2.49 bits per heavy atom. The van der Waals surface area contributed by atoms with Crippen LogP contribution in [0.15, 0.2) is 36.7 Å². The van der Waals surface area contributed by atoms with Crippen LogP contribution in [-0.4, -0.2) is 55.4 Å². The Labute approximate surface area is 227 Å². The lowest BCUT2D eigenvalue weighted by Gasteiger charge is -2.36. The number of hydrogen-bond donors (Lipinski definition) is 5. The van der Waals surface area contributed by atoms with Gasteiger partial charge in [0.05, 0.1) is 23.5 Å². The van der Waals surface area contributed by atoms with Crippen LogP contribution in [0.2, 0.25) is 0 Å². The maximum atomic E-state index is 13.0. The Hall–Kier alpha value is -3.13. The van der Waals surface area contributed by atoms with Crippen molar-refractivity contribution in [3.8, 4) is 10.4 Å². The summed E-state index contributed by atoms with van der Waals surface area (Å²) in [5.74, 6) is -0.610. The Balaban J connectivity index is 1.46. The van der Waals surface area contributed by atoms with E-state index in [1.54, 1.807) is 18.3 Å². The van der Waals surface area contributed by atoms with Crippen molar-refractivity contribution in [2.24, 2.45) is 5.41 Å². The SMILES string of the molecule is Cc1cc(Nc2nccc(C(F)(F)F)n2)cc(-c2cnc(C3(O)CCC(NC(=O)C(C)(CO)CO)CC3)s2)c1. The van der Waals surface area contributed by atoms with E-state index in [1.165, 1.54) is 18.3 Å². The number of aromatic nitrogens is 3. The Morgan fingerprint density at radius 1 is 1.15 bits per heavy atom. The number of halogens is 3. The van der Waals surface area contributed by atoms with Gasteiger partial charge in [0, 0.05) is 24.1 Å². The molecule has 4 rings (SSSR count). The maximum absolute atomic E-state index is 13.0. The first kappa shape index (κ1) is 28.9. The number of aliphatic hydroxyl groups excluding tert-OH is 2. The van der Waals surface area contributed by atoms with Crippen LogP contribution in [0.5, 0.6) is 0 Å². The minimum Gasteiger partial charge on any atom is -0.395 e. The van der Waals surface area contributed by atoms with Crippen LogP contribution in [0.4, 0.5) is 24.8 Å². The number of benzene rings is 1. The van der Waals surface area contributed by atoms with Gasteiger partial charge in [-0.15, -0.1) is 11.3 Å². The van der Waals surface area contributed by atoms with E-state index in [2.05, 4.69) is 25.6 Å². The number of alkyl halides is 3. The number of aliphatic hydroxyl groups is 3. The molecule has 1 aromatic carbocycles. The molecule has 0 atom stereocenters. The standard InChI is InChI=1S/C26H30F3N5O4S/c1-15-9-16(11-18(10-15)33-23-30-8-5-20(34-23)26(27,28)29)19-12-31-22(39-19)25(38)6-3-17(4-7-25)32-21(37)24(2,13-35)14-36/h5,8-12,17,35-36,38H,3-4,6-7,13-14H2,1-2H3,(H,32,37)(H,30,33,34). The summed E-state index contributed by atoms with van der Waals surface area (Å²) in [6.45, 7) is 2.39. The van der Waals surface area contributed by atoms with Gasteiger partial charge in [0.25, 0.3) is 0 Å². The van der Waals surface area contributed by atoms with Crippen molar-refractivity contribution in [2.45, 2.75) is 57.3 Å². The summed E-state index contributed by atoms with van der Waals surface area (Å²) in [5, 5.41) is 36.4. The first-order chi connectivity index (χ1) is 18.3. The molecule has 1 fully saturated rings. The second-order valence-electron chi connectivity index (χ2n) is 10.2. The highest BCUT2D eigenvalue weighted by Gasteiger charge is 2.40. The lowest BCUT2D eigenvalue weighted by Crippen LogP contribution is -2.50. The molecule has 5 N–H and O–H groups in total. The van der Waals surface area contributed by atoms with Crippen molar-refractivity contribution in [3.63, 3.8) is 0 Å². The fourth-order valence-electron chi connectivity index (χ4n) is 4.33. The van der Waals surface area contributed by atoms with Gasteiger partial charge in [-0.2, -0.15) is 13.2 Å². The number of thiazole rings is 1. The Kier molecular flexibility index (Phi) is 8.26. The molecule has 0 aliphatic heterocycles. The van der Waals surface area contributed by atoms with Gasteiger partial charge in [0.2, 0.25) is 11.9 Å². The number of nitrogens with one attached hydrogen (secondary N) is 2. The fourth-order valence-corrected chi connectivity index (χ4v) is 5.38. The van der Waals surface area contributed by atoms with Crippen LogP contribution in [0.3, 0.4) is 0 Å².